The van der Waals surface area contributed by atoms with Gasteiger partial charge in [-0.25, -0.2) is 8.42 Å². The Balaban J connectivity index is 1.84. The van der Waals surface area contributed by atoms with Crippen molar-refractivity contribution in [3.05, 3.63) is 29.8 Å². The third-order valence-corrected chi connectivity index (χ3v) is 5.64. The van der Waals surface area contributed by atoms with Crippen LogP contribution in [0.25, 0.3) is 0 Å². The van der Waals surface area contributed by atoms with Gasteiger partial charge in [0.1, 0.15) is 0 Å². The Bertz CT molecular complexity index is 532. The minimum Gasteiger partial charge on any atom is -0.306 e. The molecule has 1 aromatic rings. The predicted octanol–water partition coefficient (Wildman–Crippen LogP) is 1.90. The van der Waals surface area contributed by atoms with Gasteiger partial charge in [0.25, 0.3) is 0 Å². The summed E-state index contributed by atoms with van der Waals surface area (Å²) in [7, 11) is -3.06. The number of rotatable bonds is 2. The second-order valence-electron chi connectivity index (χ2n) is 5.31. The van der Waals surface area contributed by atoms with Gasteiger partial charge in [0, 0.05) is 12.1 Å². The van der Waals surface area contributed by atoms with Crippen molar-refractivity contribution in [3.8, 4) is 0 Å². The molecule has 1 heterocycles. The molecule has 0 aromatic heterocycles. The van der Waals surface area contributed by atoms with E-state index in [1.165, 1.54) is 12.8 Å². The molecule has 1 unspecified atom stereocenters. The number of nitrogens with one attached hydrogen (secondary N) is 1. The standard InChI is InChI=1S/C13H17NO2S/c1-9-6-10(7-9)14-12-8-17(15,16)13-5-3-2-4-11(12)13/h2-5,9-10,12,14H,6-8H2,1H3. The summed E-state index contributed by atoms with van der Waals surface area (Å²) in [5.74, 6) is 0.998. The van der Waals surface area contributed by atoms with Gasteiger partial charge in [0.15, 0.2) is 9.84 Å². The second-order valence-corrected chi connectivity index (χ2v) is 7.31. The van der Waals surface area contributed by atoms with Gasteiger partial charge in [-0.05, 0) is 30.4 Å². The second kappa shape index (κ2) is 3.82. The molecule has 1 fully saturated rings. The Hall–Kier alpha value is -0.870. The van der Waals surface area contributed by atoms with Crippen molar-refractivity contribution < 1.29 is 8.42 Å². The molecule has 1 N–H and O–H groups in total. The Morgan fingerprint density at radius 2 is 1.94 bits per heavy atom. The highest BCUT2D eigenvalue weighted by Crippen LogP contribution is 2.36. The molecule has 3 rings (SSSR count). The van der Waals surface area contributed by atoms with Crippen LogP contribution < -0.4 is 5.32 Å². The van der Waals surface area contributed by atoms with Crippen molar-refractivity contribution in [2.24, 2.45) is 5.92 Å². The average Bonchev–Trinajstić information content (AvgIpc) is 2.50. The maximum Gasteiger partial charge on any atom is 0.180 e. The zero-order valence-electron chi connectivity index (χ0n) is 9.89. The lowest BCUT2D eigenvalue weighted by Crippen LogP contribution is -2.42. The average molecular weight is 251 g/mol. The number of benzene rings is 1. The number of hydrogen-bond acceptors (Lipinski definition) is 3. The van der Waals surface area contributed by atoms with Gasteiger partial charge in [0.2, 0.25) is 0 Å². The van der Waals surface area contributed by atoms with E-state index in [1.807, 2.05) is 12.1 Å². The molecule has 0 saturated heterocycles. The molecule has 0 bridgehead atoms. The summed E-state index contributed by atoms with van der Waals surface area (Å²) < 4.78 is 24.0. The van der Waals surface area contributed by atoms with Crippen LogP contribution in [0.2, 0.25) is 0 Å². The van der Waals surface area contributed by atoms with E-state index >= 15 is 0 Å². The summed E-state index contributed by atoms with van der Waals surface area (Å²) in [4.78, 5) is 0.518. The van der Waals surface area contributed by atoms with E-state index < -0.39 is 9.84 Å². The third kappa shape index (κ3) is 1.89. The van der Waals surface area contributed by atoms with Gasteiger partial charge in [-0.3, -0.25) is 0 Å². The summed E-state index contributed by atoms with van der Waals surface area (Å²) in [5.41, 5.74) is 0.951. The molecule has 0 spiro atoms. The topological polar surface area (TPSA) is 46.2 Å². The van der Waals surface area contributed by atoms with Gasteiger partial charge >= 0.3 is 0 Å². The Kier molecular flexibility index (Phi) is 2.52. The quantitative estimate of drug-likeness (QED) is 0.873. The number of hydrogen-bond donors (Lipinski definition) is 1. The molecule has 1 aliphatic carbocycles. The highest BCUT2D eigenvalue weighted by Gasteiger charge is 2.37. The molecule has 0 amide bonds. The molecule has 1 atom stereocenters. The fourth-order valence-electron chi connectivity index (χ4n) is 2.91. The van der Waals surface area contributed by atoms with Crippen LogP contribution in [0.15, 0.2) is 29.2 Å². The SMILES string of the molecule is CC1CC(NC2CS(=O)(=O)c3ccccc32)C1. The molecule has 0 radical (unpaired) electrons. The van der Waals surface area contributed by atoms with Crippen LogP contribution in [0.5, 0.6) is 0 Å². The van der Waals surface area contributed by atoms with E-state index in [0.717, 1.165) is 11.5 Å². The Morgan fingerprint density at radius 3 is 2.65 bits per heavy atom. The lowest BCUT2D eigenvalue weighted by molar-refractivity contribution is 0.227. The smallest absolute Gasteiger partial charge is 0.180 e. The highest BCUT2D eigenvalue weighted by molar-refractivity contribution is 7.91. The molecular weight excluding hydrogens is 234 g/mol. The fourth-order valence-corrected chi connectivity index (χ4v) is 4.66. The molecule has 1 aromatic carbocycles. The first kappa shape index (κ1) is 11.2. The largest absolute Gasteiger partial charge is 0.306 e. The van der Waals surface area contributed by atoms with E-state index in [1.54, 1.807) is 12.1 Å². The van der Waals surface area contributed by atoms with Crippen molar-refractivity contribution in [3.63, 3.8) is 0 Å². The van der Waals surface area contributed by atoms with Crippen molar-refractivity contribution in [1.82, 2.24) is 5.32 Å². The van der Waals surface area contributed by atoms with Crippen molar-refractivity contribution in [1.29, 1.82) is 0 Å². The fraction of sp³-hybridized carbons (Fsp3) is 0.538. The number of sulfone groups is 1. The maximum absolute atomic E-state index is 12.0. The van der Waals surface area contributed by atoms with Crippen molar-refractivity contribution in [2.75, 3.05) is 5.75 Å². The van der Waals surface area contributed by atoms with E-state index in [2.05, 4.69) is 12.2 Å². The van der Waals surface area contributed by atoms with Crippen molar-refractivity contribution >= 4 is 9.84 Å². The molecule has 92 valence electrons. The van der Waals surface area contributed by atoms with E-state index in [0.29, 0.717) is 10.9 Å². The summed E-state index contributed by atoms with van der Waals surface area (Å²) in [6, 6.07) is 7.85. The molecule has 17 heavy (non-hydrogen) atoms. The molecule has 4 heteroatoms. The molecule has 1 saturated carbocycles. The van der Waals surface area contributed by atoms with Gasteiger partial charge in [-0.1, -0.05) is 25.1 Å². The van der Waals surface area contributed by atoms with E-state index in [4.69, 9.17) is 0 Å². The van der Waals surface area contributed by atoms with Crippen molar-refractivity contribution in [2.45, 2.75) is 36.7 Å². The Morgan fingerprint density at radius 1 is 1.24 bits per heavy atom. The lowest BCUT2D eigenvalue weighted by atomic mass is 9.81. The molecule has 2 aliphatic rings. The zero-order valence-corrected chi connectivity index (χ0v) is 10.7. The first-order valence-corrected chi connectivity index (χ1v) is 7.79. The minimum atomic E-state index is -3.06. The normalized spacial score (nSPS) is 34.1. The van der Waals surface area contributed by atoms with Crippen LogP contribution in [0.1, 0.15) is 31.4 Å². The summed E-state index contributed by atoms with van der Waals surface area (Å²) in [5, 5.41) is 3.48. The maximum atomic E-state index is 12.0. The summed E-state index contributed by atoms with van der Waals surface area (Å²) in [6.45, 7) is 2.23. The van der Waals surface area contributed by atoms with Crippen LogP contribution in [-0.4, -0.2) is 20.2 Å². The third-order valence-electron chi connectivity index (χ3n) is 3.83. The summed E-state index contributed by atoms with van der Waals surface area (Å²) >= 11 is 0. The van der Waals surface area contributed by atoms with Crippen LogP contribution in [0, 0.1) is 5.92 Å². The first-order valence-electron chi connectivity index (χ1n) is 6.14. The number of fused-ring (bicyclic) bond motifs is 1. The van der Waals surface area contributed by atoms with Gasteiger partial charge in [-0.15, -0.1) is 0 Å². The van der Waals surface area contributed by atoms with Crippen LogP contribution in [0.4, 0.5) is 0 Å². The highest BCUT2D eigenvalue weighted by atomic mass is 32.2. The van der Waals surface area contributed by atoms with Gasteiger partial charge in [0.05, 0.1) is 10.6 Å². The monoisotopic (exact) mass is 251 g/mol. The van der Waals surface area contributed by atoms with Crippen LogP contribution >= 0.6 is 0 Å². The predicted molar refractivity (Wildman–Crippen MR) is 66.6 cm³/mol. The van der Waals surface area contributed by atoms with Crippen LogP contribution in [0.3, 0.4) is 0 Å². The molecule has 3 nitrogen and oxygen atoms in total. The molecule has 1 aliphatic heterocycles. The Labute approximate surface area is 102 Å². The van der Waals surface area contributed by atoms with E-state index in [-0.39, 0.29) is 11.8 Å². The molecular formula is C13H17NO2S. The van der Waals surface area contributed by atoms with Crippen LogP contribution in [-0.2, 0) is 9.84 Å². The van der Waals surface area contributed by atoms with Gasteiger partial charge < -0.3 is 5.32 Å². The minimum absolute atomic E-state index is 0.00583. The zero-order chi connectivity index (χ0) is 12.0. The first-order chi connectivity index (χ1) is 8.06. The summed E-state index contributed by atoms with van der Waals surface area (Å²) in [6.07, 6.45) is 2.33. The van der Waals surface area contributed by atoms with E-state index in [9.17, 15) is 8.42 Å². The van der Waals surface area contributed by atoms with Gasteiger partial charge in [-0.2, -0.15) is 0 Å². The lowest BCUT2D eigenvalue weighted by Gasteiger charge is -2.35.